The van der Waals surface area contributed by atoms with Crippen LogP contribution >= 0.6 is 0 Å². The van der Waals surface area contributed by atoms with E-state index in [0.29, 0.717) is 17.8 Å². The van der Waals surface area contributed by atoms with E-state index in [9.17, 15) is 4.39 Å². The second kappa shape index (κ2) is 5.85. The molecular formula is C16H20FN3O. The average Bonchev–Trinajstić information content (AvgIpc) is 2.79. The maximum atomic E-state index is 13.1. The van der Waals surface area contributed by atoms with Crippen LogP contribution in [0.15, 0.2) is 24.3 Å². The zero-order valence-electron chi connectivity index (χ0n) is 12.1. The number of hydrogen-bond donors (Lipinski definition) is 2. The molecule has 0 amide bonds. The molecule has 4 nitrogen and oxygen atoms in total. The van der Waals surface area contributed by atoms with Crippen LogP contribution in [0, 0.1) is 11.7 Å². The van der Waals surface area contributed by atoms with Gasteiger partial charge in [0.15, 0.2) is 5.82 Å². The fourth-order valence-corrected chi connectivity index (χ4v) is 2.98. The van der Waals surface area contributed by atoms with Gasteiger partial charge in [0.1, 0.15) is 5.82 Å². The molecule has 5 heteroatoms. The van der Waals surface area contributed by atoms with Gasteiger partial charge in [-0.05, 0) is 49.8 Å². The summed E-state index contributed by atoms with van der Waals surface area (Å²) in [4.78, 5) is 0. The summed E-state index contributed by atoms with van der Waals surface area (Å²) in [5.41, 5.74) is 8.79. The number of nitrogens with two attached hydrogens (primary N) is 1. The molecule has 21 heavy (non-hydrogen) atoms. The Morgan fingerprint density at radius 1 is 1.33 bits per heavy atom. The van der Waals surface area contributed by atoms with Crippen molar-refractivity contribution >= 4 is 5.82 Å². The summed E-state index contributed by atoms with van der Waals surface area (Å²) in [5, 5.41) is 7.13. The zero-order chi connectivity index (χ0) is 14.8. The molecule has 0 atom stereocenters. The van der Waals surface area contributed by atoms with E-state index >= 15 is 0 Å². The third-order valence-corrected chi connectivity index (χ3v) is 4.09. The monoisotopic (exact) mass is 289 g/mol. The van der Waals surface area contributed by atoms with Gasteiger partial charge in [-0.3, -0.25) is 5.10 Å². The highest BCUT2D eigenvalue weighted by Crippen LogP contribution is 2.36. The average molecular weight is 289 g/mol. The first-order valence-corrected chi connectivity index (χ1v) is 7.37. The normalized spacial score (nSPS) is 21.2. The molecule has 0 bridgehead atoms. The largest absolute Gasteiger partial charge is 0.382 e. The lowest BCUT2D eigenvalue weighted by atomic mass is 9.78. The molecule has 112 valence electrons. The van der Waals surface area contributed by atoms with E-state index in [1.54, 1.807) is 12.1 Å². The van der Waals surface area contributed by atoms with Gasteiger partial charge in [0.25, 0.3) is 0 Å². The molecule has 1 aliphatic rings. The van der Waals surface area contributed by atoms with Crippen LogP contribution in [0.25, 0.3) is 11.1 Å². The van der Waals surface area contributed by atoms with E-state index in [1.165, 1.54) is 12.1 Å². The van der Waals surface area contributed by atoms with Gasteiger partial charge in [0, 0.05) is 17.9 Å². The molecule has 2 aromatic rings. The molecule has 1 heterocycles. The Morgan fingerprint density at radius 2 is 2.05 bits per heavy atom. The van der Waals surface area contributed by atoms with Crippen molar-refractivity contribution in [3.05, 3.63) is 35.8 Å². The van der Waals surface area contributed by atoms with Gasteiger partial charge in [-0.2, -0.15) is 5.10 Å². The highest BCUT2D eigenvalue weighted by molar-refractivity contribution is 5.76. The Labute approximate surface area is 123 Å². The first-order chi connectivity index (χ1) is 10.2. The van der Waals surface area contributed by atoms with Crippen LogP contribution in [-0.4, -0.2) is 22.9 Å². The minimum absolute atomic E-state index is 0.249. The van der Waals surface area contributed by atoms with Crippen molar-refractivity contribution in [2.45, 2.75) is 32.3 Å². The molecule has 0 spiro atoms. The second-order valence-electron chi connectivity index (χ2n) is 5.59. The number of hydrogen-bond acceptors (Lipinski definition) is 3. The van der Waals surface area contributed by atoms with Crippen molar-refractivity contribution in [3.63, 3.8) is 0 Å². The summed E-state index contributed by atoms with van der Waals surface area (Å²) in [6.45, 7) is 2.80. The lowest BCUT2D eigenvalue weighted by Crippen LogP contribution is -2.32. The molecule has 0 unspecified atom stereocenters. The predicted octanol–water partition coefficient (Wildman–Crippen LogP) is 3.16. The number of nitrogens with zero attached hydrogens (tertiary/aromatic N) is 1. The molecule has 3 N–H and O–H groups in total. The molecule has 0 saturated heterocycles. The molecule has 1 aromatic carbocycles. The van der Waals surface area contributed by atoms with Crippen molar-refractivity contribution in [1.82, 2.24) is 10.2 Å². The van der Waals surface area contributed by atoms with E-state index in [4.69, 9.17) is 10.5 Å². The molecule has 1 fully saturated rings. The van der Waals surface area contributed by atoms with Gasteiger partial charge in [0.2, 0.25) is 0 Å². The highest BCUT2D eigenvalue weighted by Gasteiger charge is 2.31. The van der Waals surface area contributed by atoms with Gasteiger partial charge in [0.05, 0.1) is 6.10 Å². The number of H-pyrrole nitrogens is 1. The predicted molar refractivity (Wildman–Crippen MR) is 80.2 cm³/mol. The van der Waals surface area contributed by atoms with E-state index in [2.05, 4.69) is 10.2 Å². The Hall–Kier alpha value is -1.88. The van der Waals surface area contributed by atoms with Crippen molar-refractivity contribution in [2.75, 3.05) is 12.3 Å². The molecule has 3 rings (SSSR count). The molecule has 1 aromatic heterocycles. The van der Waals surface area contributed by atoms with Crippen molar-refractivity contribution in [2.24, 2.45) is 5.92 Å². The topological polar surface area (TPSA) is 63.9 Å². The maximum absolute atomic E-state index is 13.1. The fraction of sp³-hybridized carbons (Fsp3) is 0.438. The number of benzene rings is 1. The molecule has 0 aliphatic heterocycles. The van der Waals surface area contributed by atoms with Crippen molar-refractivity contribution in [3.8, 4) is 11.1 Å². The number of nitrogen functional groups attached to an aromatic ring is 1. The SMILES string of the molecule is CCOC1CC(Cc2[nH]nc(N)c2-c2ccc(F)cc2)C1. The van der Waals surface area contributed by atoms with Crippen LogP contribution in [0.3, 0.4) is 0 Å². The maximum Gasteiger partial charge on any atom is 0.153 e. The summed E-state index contributed by atoms with van der Waals surface area (Å²) in [5.74, 6) is 0.818. The summed E-state index contributed by atoms with van der Waals surface area (Å²) in [6.07, 6.45) is 3.46. The third-order valence-electron chi connectivity index (χ3n) is 4.09. The number of ether oxygens (including phenoxy) is 1. The Kier molecular flexibility index (Phi) is 3.92. The van der Waals surface area contributed by atoms with Gasteiger partial charge < -0.3 is 10.5 Å². The van der Waals surface area contributed by atoms with Crippen LogP contribution in [0.5, 0.6) is 0 Å². The highest BCUT2D eigenvalue weighted by atomic mass is 19.1. The van der Waals surface area contributed by atoms with Crippen LogP contribution in [0.4, 0.5) is 10.2 Å². The summed E-state index contributed by atoms with van der Waals surface area (Å²) in [7, 11) is 0. The van der Waals surface area contributed by atoms with Crippen molar-refractivity contribution in [1.29, 1.82) is 0 Å². The standard InChI is InChI=1S/C16H20FN3O/c1-2-21-13-7-10(8-13)9-14-15(16(18)20-19-14)11-3-5-12(17)6-4-11/h3-6,10,13H,2,7-9H2,1H3,(H3,18,19,20). The number of aromatic nitrogens is 2. The first kappa shape index (κ1) is 14.1. The van der Waals surface area contributed by atoms with E-state index in [0.717, 1.165) is 42.7 Å². The number of nitrogens with one attached hydrogen (secondary N) is 1. The summed E-state index contributed by atoms with van der Waals surface area (Å²) in [6, 6.07) is 6.37. The zero-order valence-corrected chi connectivity index (χ0v) is 12.1. The summed E-state index contributed by atoms with van der Waals surface area (Å²) >= 11 is 0. The van der Waals surface area contributed by atoms with Crippen molar-refractivity contribution < 1.29 is 9.13 Å². The third kappa shape index (κ3) is 2.93. The first-order valence-electron chi connectivity index (χ1n) is 7.37. The second-order valence-corrected chi connectivity index (χ2v) is 5.59. The molecular weight excluding hydrogens is 269 g/mol. The lowest BCUT2D eigenvalue weighted by molar-refractivity contribution is -0.0242. The van der Waals surface area contributed by atoms with Crippen LogP contribution < -0.4 is 5.73 Å². The van der Waals surface area contributed by atoms with Gasteiger partial charge in [-0.25, -0.2) is 4.39 Å². The van der Waals surface area contributed by atoms with Gasteiger partial charge in [-0.15, -0.1) is 0 Å². The van der Waals surface area contributed by atoms with Gasteiger partial charge >= 0.3 is 0 Å². The number of aromatic amines is 1. The Bertz CT molecular complexity index is 602. The van der Waals surface area contributed by atoms with Crippen LogP contribution in [0.2, 0.25) is 0 Å². The fourth-order valence-electron chi connectivity index (χ4n) is 2.98. The van der Waals surface area contributed by atoms with E-state index < -0.39 is 0 Å². The molecule has 1 saturated carbocycles. The number of halogens is 1. The van der Waals surface area contributed by atoms with Crippen LogP contribution in [0.1, 0.15) is 25.5 Å². The Balaban J connectivity index is 1.74. The smallest absolute Gasteiger partial charge is 0.153 e. The minimum Gasteiger partial charge on any atom is -0.382 e. The van der Waals surface area contributed by atoms with Crippen LogP contribution in [-0.2, 0) is 11.2 Å². The summed E-state index contributed by atoms with van der Waals surface area (Å²) < 4.78 is 18.6. The lowest BCUT2D eigenvalue weighted by Gasteiger charge is -2.34. The quantitative estimate of drug-likeness (QED) is 0.888. The Morgan fingerprint density at radius 3 is 2.71 bits per heavy atom. The molecule has 0 radical (unpaired) electrons. The van der Waals surface area contributed by atoms with E-state index in [1.807, 2.05) is 6.92 Å². The number of anilines is 1. The molecule has 1 aliphatic carbocycles. The number of rotatable bonds is 5. The van der Waals surface area contributed by atoms with E-state index in [-0.39, 0.29) is 5.82 Å². The minimum atomic E-state index is -0.249. The van der Waals surface area contributed by atoms with Gasteiger partial charge in [-0.1, -0.05) is 12.1 Å².